The predicted molar refractivity (Wildman–Crippen MR) is 168 cm³/mol. The molecule has 10 heteroatoms. The third-order valence-electron chi connectivity index (χ3n) is 8.42. The van der Waals surface area contributed by atoms with E-state index in [1.807, 2.05) is 48.5 Å². The highest BCUT2D eigenvalue weighted by Gasteiger charge is 2.42. The summed E-state index contributed by atoms with van der Waals surface area (Å²) in [4.78, 5) is 8.95. The van der Waals surface area contributed by atoms with Crippen LogP contribution in [0, 0.1) is 0 Å². The number of aromatic nitrogens is 1. The molecule has 3 aliphatic rings. The molecule has 3 aromatic carbocycles. The van der Waals surface area contributed by atoms with Gasteiger partial charge in [-0.05, 0) is 64.1 Å². The van der Waals surface area contributed by atoms with Crippen LogP contribution >= 0.6 is 37.2 Å². The lowest BCUT2D eigenvalue weighted by molar-refractivity contribution is 0.0403. The van der Waals surface area contributed by atoms with E-state index in [1.54, 1.807) is 18.3 Å². The Labute approximate surface area is 263 Å². The van der Waals surface area contributed by atoms with E-state index in [2.05, 4.69) is 20.9 Å². The molecule has 0 radical (unpaired) electrons. The second-order valence-electron chi connectivity index (χ2n) is 10.8. The van der Waals surface area contributed by atoms with E-state index < -0.39 is 18.4 Å². The number of nitrogens with zero attached hydrogens (tertiary/aromatic N) is 3. The normalized spacial score (nSPS) is 21.7. The predicted octanol–water partition coefficient (Wildman–Crippen LogP) is 6.59. The highest BCUT2D eigenvalue weighted by molar-refractivity contribution is 5.86. The number of ether oxygens (including phenoxy) is 1. The fraction of sp³-hybridized carbons (Fsp3) is 0.344. The van der Waals surface area contributed by atoms with E-state index in [0.717, 1.165) is 65.8 Å². The Hall–Kier alpha value is -2.52. The van der Waals surface area contributed by atoms with Crippen LogP contribution in [0.1, 0.15) is 51.8 Å². The maximum Gasteiger partial charge on any atom is 0.161 e. The fourth-order valence-corrected chi connectivity index (χ4v) is 6.41. The van der Waals surface area contributed by atoms with Crippen LogP contribution in [0.5, 0.6) is 5.75 Å². The molecule has 0 saturated carbocycles. The molecule has 1 saturated heterocycles. The Balaban J connectivity index is 0.00000135. The number of hydrogen-bond acceptors (Lipinski definition) is 5. The molecule has 1 aliphatic heterocycles. The van der Waals surface area contributed by atoms with E-state index in [9.17, 15) is 5.11 Å². The standard InChI is InChI=1S/C32H31F2N3O2.3ClH/c33-30-22-5-1-2-6-23(22)32(25-11-10-20-17-26(20)29(25)31(30)34)37-15-13-36(14-16-37)18-21(38)19-39-28-9-3-8-27-24(28)7-4-12-35-27;;;/h1-12,21,30-32,38H,13-19H2;3*1H. The zero-order valence-corrected chi connectivity index (χ0v) is 25.3. The number of hydrogen-bond donors (Lipinski definition) is 1. The molecule has 0 spiro atoms. The quantitative estimate of drug-likeness (QED) is 0.228. The minimum Gasteiger partial charge on any atom is -0.490 e. The number of benzene rings is 3. The molecule has 1 N–H and O–H groups in total. The molecule has 42 heavy (non-hydrogen) atoms. The average Bonchev–Trinajstić information content (AvgIpc) is 3.77. The molecule has 0 bridgehead atoms. The zero-order chi connectivity index (χ0) is 26.5. The highest BCUT2D eigenvalue weighted by Crippen LogP contribution is 2.52. The van der Waals surface area contributed by atoms with Gasteiger partial charge < -0.3 is 9.84 Å². The number of piperazine rings is 1. The number of rotatable bonds is 6. The Morgan fingerprint density at radius 2 is 1.60 bits per heavy atom. The Morgan fingerprint density at radius 1 is 0.833 bits per heavy atom. The summed E-state index contributed by atoms with van der Waals surface area (Å²) in [5, 5.41) is 11.7. The molecule has 4 aromatic rings. The molecule has 224 valence electrons. The number of alkyl halides is 2. The molecule has 1 fully saturated rings. The van der Waals surface area contributed by atoms with Crippen molar-refractivity contribution in [3.05, 3.63) is 106 Å². The van der Waals surface area contributed by atoms with Gasteiger partial charge in [0.25, 0.3) is 0 Å². The molecule has 4 atom stereocenters. The van der Waals surface area contributed by atoms with Gasteiger partial charge in [-0.1, -0.05) is 42.5 Å². The van der Waals surface area contributed by atoms with Gasteiger partial charge in [-0.2, -0.15) is 0 Å². The molecule has 0 amide bonds. The Morgan fingerprint density at radius 3 is 2.38 bits per heavy atom. The van der Waals surface area contributed by atoms with Crippen LogP contribution in [0.15, 0.2) is 72.9 Å². The first kappa shape index (κ1) is 32.4. The molecule has 7 rings (SSSR count). The van der Waals surface area contributed by atoms with Crippen molar-refractivity contribution in [1.82, 2.24) is 14.8 Å². The maximum absolute atomic E-state index is 15.6. The second kappa shape index (κ2) is 13.4. The average molecular weight is 637 g/mol. The third-order valence-corrected chi connectivity index (χ3v) is 8.42. The van der Waals surface area contributed by atoms with Crippen molar-refractivity contribution in [3.63, 3.8) is 0 Å². The summed E-state index contributed by atoms with van der Waals surface area (Å²) < 4.78 is 37.0. The smallest absolute Gasteiger partial charge is 0.161 e. The van der Waals surface area contributed by atoms with Gasteiger partial charge in [-0.25, -0.2) is 8.78 Å². The molecule has 5 nitrogen and oxygen atoms in total. The summed E-state index contributed by atoms with van der Waals surface area (Å²) in [5.41, 5.74) is 5.77. The van der Waals surface area contributed by atoms with Crippen LogP contribution in [0.25, 0.3) is 10.9 Å². The van der Waals surface area contributed by atoms with E-state index >= 15 is 8.78 Å². The minimum atomic E-state index is -1.66. The van der Waals surface area contributed by atoms with E-state index in [1.165, 1.54) is 0 Å². The van der Waals surface area contributed by atoms with Crippen molar-refractivity contribution in [2.45, 2.75) is 30.9 Å². The van der Waals surface area contributed by atoms with Crippen LogP contribution < -0.4 is 4.74 Å². The van der Waals surface area contributed by atoms with Crippen LogP contribution in [0.4, 0.5) is 8.78 Å². The molecular weight excluding hydrogens is 603 g/mol. The van der Waals surface area contributed by atoms with Gasteiger partial charge in [-0.15, -0.1) is 37.2 Å². The van der Waals surface area contributed by atoms with Crippen LogP contribution in [0.3, 0.4) is 0 Å². The number of aliphatic hydroxyl groups excluding tert-OH is 1. The number of aliphatic hydroxyl groups is 1. The fourth-order valence-electron chi connectivity index (χ4n) is 6.41. The lowest BCUT2D eigenvalue weighted by atomic mass is 9.92. The molecule has 4 unspecified atom stereocenters. The summed E-state index contributed by atoms with van der Waals surface area (Å²) in [7, 11) is 0. The minimum absolute atomic E-state index is 0. The van der Waals surface area contributed by atoms with Crippen molar-refractivity contribution in [2.75, 3.05) is 39.3 Å². The SMILES string of the molecule is Cl.Cl.Cl.OC(COc1cccc2ncccc12)CN1CCN(C2c3ccccc3C(F)C(F)c3c2ccc2c3C2)CC1. The highest BCUT2D eigenvalue weighted by atomic mass is 35.5. The first-order chi connectivity index (χ1) is 19.1. The van der Waals surface area contributed by atoms with Gasteiger partial charge in [0.05, 0.1) is 11.6 Å². The maximum atomic E-state index is 15.6. The Bertz CT molecular complexity index is 1530. The lowest BCUT2D eigenvalue weighted by Crippen LogP contribution is -2.50. The van der Waals surface area contributed by atoms with Crippen molar-refractivity contribution in [2.24, 2.45) is 0 Å². The largest absolute Gasteiger partial charge is 0.490 e. The molecule has 2 heterocycles. The van der Waals surface area contributed by atoms with E-state index in [4.69, 9.17) is 4.74 Å². The van der Waals surface area contributed by atoms with Gasteiger partial charge in [0.15, 0.2) is 12.3 Å². The summed E-state index contributed by atoms with van der Waals surface area (Å²) in [5.74, 6) is 0.715. The monoisotopic (exact) mass is 635 g/mol. The van der Waals surface area contributed by atoms with Crippen LogP contribution in [-0.4, -0.2) is 65.3 Å². The zero-order valence-electron chi connectivity index (χ0n) is 22.9. The van der Waals surface area contributed by atoms with Crippen molar-refractivity contribution < 1.29 is 18.6 Å². The summed E-state index contributed by atoms with van der Waals surface area (Å²) >= 11 is 0. The van der Waals surface area contributed by atoms with Gasteiger partial charge in [0.1, 0.15) is 18.5 Å². The van der Waals surface area contributed by atoms with Crippen LogP contribution in [0.2, 0.25) is 0 Å². The Kier molecular flexibility index (Phi) is 10.3. The van der Waals surface area contributed by atoms with Gasteiger partial charge in [0, 0.05) is 44.3 Å². The number of fused-ring (bicyclic) bond motifs is 5. The summed E-state index contributed by atoms with van der Waals surface area (Å²) in [6.45, 7) is 3.69. The summed E-state index contributed by atoms with van der Waals surface area (Å²) in [6.07, 6.45) is -1.43. The van der Waals surface area contributed by atoms with E-state index in [0.29, 0.717) is 23.4 Å². The summed E-state index contributed by atoms with van der Waals surface area (Å²) in [6, 6.07) is 20.9. The first-order valence-electron chi connectivity index (χ1n) is 13.7. The van der Waals surface area contributed by atoms with Gasteiger partial charge in [-0.3, -0.25) is 14.8 Å². The molecule has 1 aromatic heterocycles. The van der Waals surface area contributed by atoms with Crippen molar-refractivity contribution in [3.8, 4) is 5.75 Å². The number of pyridine rings is 1. The number of β-amino-alcohol motifs (C(OH)–C–C–N with tert-alkyl or cyclic N) is 1. The molecular formula is C32H34Cl3F2N3O2. The number of halogens is 5. The molecule has 2 aliphatic carbocycles. The van der Waals surface area contributed by atoms with Gasteiger partial charge in [0.2, 0.25) is 0 Å². The second-order valence-corrected chi connectivity index (χ2v) is 10.8. The first-order valence-corrected chi connectivity index (χ1v) is 13.7. The van der Waals surface area contributed by atoms with Crippen molar-refractivity contribution in [1.29, 1.82) is 0 Å². The third kappa shape index (κ3) is 5.96. The topological polar surface area (TPSA) is 48.8 Å². The van der Waals surface area contributed by atoms with E-state index in [-0.39, 0.29) is 49.9 Å². The van der Waals surface area contributed by atoms with Crippen molar-refractivity contribution >= 4 is 48.1 Å². The lowest BCUT2D eigenvalue weighted by Gasteiger charge is -2.40. The van der Waals surface area contributed by atoms with Crippen LogP contribution in [-0.2, 0) is 6.42 Å². The van der Waals surface area contributed by atoms with Gasteiger partial charge >= 0.3 is 0 Å².